The Morgan fingerprint density at radius 2 is 2.28 bits per heavy atom. The second-order valence-electron chi connectivity index (χ2n) is 5.46. The van der Waals surface area contributed by atoms with Crippen molar-refractivity contribution in [1.82, 2.24) is 9.55 Å². The van der Waals surface area contributed by atoms with E-state index >= 15 is 0 Å². The fourth-order valence-corrected chi connectivity index (χ4v) is 3.51. The zero-order valence-electron chi connectivity index (χ0n) is 10.5. The lowest BCUT2D eigenvalue weighted by molar-refractivity contribution is 0.0945. The molecule has 18 heavy (non-hydrogen) atoms. The van der Waals surface area contributed by atoms with E-state index < -0.39 is 0 Å². The number of para-hydroxylation sites is 1. The lowest BCUT2D eigenvalue weighted by Crippen LogP contribution is -2.22. The minimum absolute atomic E-state index is 0.329. The number of aromatic nitrogens is 2. The first-order chi connectivity index (χ1) is 8.74. The average molecular weight is 243 g/mol. The van der Waals surface area contributed by atoms with Crippen LogP contribution in [0, 0.1) is 6.92 Å². The summed E-state index contributed by atoms with van der Waals surface area (Å²) in [6, 6.07) is 6.63. The van der Waals surface area contributed by atoms with Gasteiger partial charge in [-0.3, -0.25) is 0 Å². The van der Waals surface area contributed by atoms with Gasteiger partial charge in [-0.2, -0.15) is 0 Å². The second kappa shape index (κ2) is 3.48. The van der Waals surface area contributed by atoms with E-state index in [1.165, 1.54) is 12.0 Å². The Labute approximate surface area is 106 Å². The molecule has 2 aliphatic heterocycles. The Balaban J connectivity index is 1.90. The Bertz CT molecular complexity index is 619. The van der Waals surface area contributed by atoms with Crippen molar-refractivity contribution in [2.75, 3.05) is 5.73 Å². The van der Waals surface area contributed by atoms with Crippen LogP contribution in [0.15, 0.2) is 18.2 Å². The van der Waals surface area contributed by atoms with Gasteiger partial charge in [0, 0.05) is 0 Å². The number of imidazole rings is 1. The van der Waals surface area contributed by atoms with Crippen LogP contribution in [0.1, 0.15) is 30.9 Å². The molecule has 4 heteroatoms. The van der Waals surface area contributed by atoms with Gasteiger partial charge in [0.15, 0.2) is 0 Å². The van der Waals surface area contributed by atoms with Crippen LogP contribution in [-0.2, 0) is 4.74 Å². The molecule has 94 valence electrons. The number of ether oxygens (including phenoxy) is 1. The molecule has 1 aromatic carbocycles. The molecule has 0 spiro atoms. The van der Waals surface area contributed by atoms with Gasteiger partial charge in [-0.05, 0) is 37.8 Å². The minimum atomic E-state index is 0.329. The van der Waals surface area contributed by atoms with Crippen LogP contribution in [-0.4, -0.2) is 21.8 Å². The first kappa shape index (κ1) is 10.4. The number of hydrogen-bond donors (Lipinski definition) is 1. The average Bonchev–Trinajstić information content (AvgIpc) is 3.02. The number of nitrogens with two attached hydrogens (primary N) is 1. The van der Waals surface area contributed by atoms with Crippen LogP contribution < -0.4 is 5.73 Å². The van der Waals surface area contributed by atoms with Crippen LogP contribution in [0.2, 0.25) is 0 Å². The normalized spacial score (nSPS) is 30.4. The summed E-state index contributed by atoms with van der Waals surface area (Å²) < 4.78 is 8.13. The zero-order valence-corrected chi connectivity index (χ0v) is 10.5. The highest BCUT2D eigenvalue weighted by Gasteiger charge is 2.42. The Kier molecular flexibility index (Phi) is 2.01. The molecule has 2 saturated heterocycles. The summed E-state index contributed by atoms with van der Waals surface area (Å²) in [5.74, 6) is 0.625. The highest BCUT2D eigenvalue weighted by molar-refractivity contribution is 5.81. The quantitative estimate of drug-likeness (QED) is 0.836. The molecule has 4 nitrogen and oxygen atoms in total. The Morgan fingerprint density at radius 3 is 3.00 bits per heavy atom. The SMILES string of the molecule is Cc1cccc2c1nc(N)n2C1CC2CCC1O2. The largest absolute Gasteiger partial charge is 0.373 e. The Hall–Kier alpha value is -1.55. The first-order valence-corrected chi connectivity index (χ1v) is 6.62. The van der Waals surface area contributed by atoms with Crippen LogP contribution in [0.5, 0.6) is 0 Å². The van der Waals surface area contributed by atoms with Gasteiger partial charge in [0.2, 0.25) is 5.95 Å². The van der Waals surface area contributed by atoms with E-state index in [-0.39, 0.29) is 0 Å². The van der Waals surface area contributed by atoms with Gasteiger partial charge < -0.3 is 15.0 Å². The molecule has 3 atom stereocenters. The van der Waals surface area contributed by atoms with Crippen molar-refractivity contribution in [3.8, 4) is 0 Å². The summed E-state index contributed by atoms with van der Waals surface area (Å²) in [6.45, 7) is 2.08. The summed E-state index contributed by atoms with van der Waals surface area (Å²) >= 11 is 0. The molecule has 0 aliphatic carbocycles. The summed E-state index contributed by atoms with van der Waals surface area (Å²) in [7, 11) is 0. The van der Waals surface area contributed by atoms with Crippen molar-refractivity contribution in [3.05, 3.63) is 23.8 Å². The molecule has 2 aliphatic rings. The standard InChI is InChI=1S/C14H17N3O/c1-8-3-2-4-10-13(8)16-14(15)17(10)11-7-9-5-6-12(11)18-9/h2-4,9,11-12H,5-7H2,1H3,(H2,15,16). The number of nitrogen functional groups attached to an aromatic ring is 1. The van der Waals surface area contributed by atoms with E-state index in [1.807, 2.05) is 0 Å². The molecule has 0 saturated carbocycles. The van der Waals surface area contributed by atoms with E-state index in [1.54, 1.807) is 0 Å². The maximum absolute atomic E-state index is 6.13. The number of nitrogens with zero attached hydrogens (tertiary/aromatic N) is 2. The van der Waals surface area contributed by atoms with Crippen molar-refractivity contribution >= 4 is 17.0 Å². The van der Waals surface area contributed by atoms with Gasteiger partial charge in [-0.1, -0.05) is 12.1 Å². The summed E-state index contributed by atoms with van der Waals surface area (Å²) in [5.41, 5.74) is 9.49. The molecule has 3 unspecified atom stereocenters. The molecule has 4 rings (SSSR count). The number of anilines is 1. The van der Waals surface area contributed by atoms with Crippen molar-refractivity contribution < 1.29 is 4.74 Å². The van der Waals surface area contributed by atoms with Crippen LogP contribution in [0.25, 0.3) is 11.0 Å². The van der Waals surface area contributed by atoms with Gasteiger partial charge in [-0.25, -0.2) is 4.98 Å². The predicted octanol–water partition coefficient (Wildman–Crippen LogP) is 2.42. The highest BCUT2D eigenvalue weighted by atomic mass is 16.5. The lowest BCUT2D eigenvalue weighted by atomic mass is 9.95. The van der Waals surface area contributed by atoms with Gasteiger partial charge in [-0.15, -0.1) is 0 Å². The topological polar surface area (TPSA) is 53.1 Å². The molecule has 2 aromatic rings. The third kappa shape index (κ3) is 1.27. The van der Waals surface area contributed by atoms with Gasteiger partial charge in [0.1, 0.15) is 0 Å². The van der Waals surface area contributed by atoms with Crippen LogP contribution >= 0.6 is 0 Å². The third-order valence-electron chi connectivity index (χ3n) is 4.35. The number of aryl methyl sites for hydroxylation is 1. The summed E-state index contributed by atoms with van der Waals surface area (Å²) in [6.07, 6.45) is 4.19. The fourth-order valence-electron chi connectivity index (χ4n) is 3.51. The molecular formula is C14H17N3O. The minimum Gasteiger partial charge on any atom is -0.373 e. The van der Waals surface area contributed by atoms with Gasteiger partial charge in [0.05, 0.1) is 29.3 Å². The fraction of sp³-hybridized carbons (Fsp3) is 0.500. The molecule has 1 aromatic heterocycles. The van der Waals surface area contributed by atoms with E-state index in [9.17, 15) is 0 Å². The van der Waals surface area contributed by atoms with Crippen molar-refractivity contribution in [2.24, 2.45) is 0 Å². The third-order valence-corrected chi connectivity index (χ3v) is 4.35. The molecule has 2 fully saturated rings. The van der Waals surface area contributed by atoms with Gasteiger partial charge >= 0.3 is 0 Å². The highest BCUT2D eigenvalue weighted by Crippen LogP contribution is 2.43. The molecule has 2 N–H and O–H groups in total. The van der Waals surface area contributed by atoms with Crippen molar-refractivity contribution in [1.29, 1.82) is 0 Å². The first-order valence-electron chi connectivity index (χ1n) is 6.62. The number of hydrogen-bond acceptors (Lipinski definition) is 3. The predicted molar refractivity (Wildman–Crippen MR) is 70.4 cm³/mol. The maximum atomic E-state index is 6.13. The molecule has 3 heterocycles. The van der Waals surface area contributed by atoms with E-state index in [4.69, 9.17) is 10.5 Å². The lowest BCUT2D eigenvalue weighted by Gasteiger charge is -2.22. The second-order valence-corrected chi connectivity index (χ2v) is 5.46. The van der Waals surface area contributed by atoms with Crippen LogP contribution in [0.4, 0.5) is 5.95 Å². The molecule has 0 amide bonds. The van der Waals surface area contributed by atoms with Crippen LogP contribution in [0.3, 0.4) is 0 Å². The maximum Gasteiger partial charge on any atom is 0.201 e. The number of fused-ring (bicyclic) bond motifs is 3. The zero-order chi connectivity index (χ0) is 12.3. The molecule has 2 bridgehead atoms. The van der Waals surface area contributed by atoms with E-state index in [2.05, 4.69) is 34.7 Å². The molecule has 0 radical (unpaired) electrons. The van der Waals surface area contributed by atoms with E-state index in [0.29, 0.717) is 24.2 Å². The summed E-state index contributed by atoms with van der Waals surface area (Å²) in [5, 5.41) is 0. The Morgan fingerprint density at radius 1 is 1.39 bits per heavy atom. The van der Waals surface area contributed by atoms with E-state index in [0.717, 1.165) is 23.9 Å². The summed E-state index contributed by atoms with van der Waals surface area (Å²) in [4.78, 5) is 4.53. The number of benzene rings is 1. The smallest absolute Gasteiger partial charge is 0.201 e. The van der Waals surface area contributed by atoms with Crippen molar-refractivity contribution in [3.63, 3.8) is 0 Å². The number of rotatable bonds is 1. The van der Waals surface area contributed by atoms with Gasteiger partial charge in [0.25, 0.3) is 0 Å². The molecular weight excluding hydrogens is 226 g/mol. The monoisotopic (exact) mass is 243 g/mol. The van der Waals surface area contributed by atoms with Crippen molar-refractivity contribution in [2.45, 2.75) is 44.4 Å².